The molecule has 0 spiro atoms. The number of carbonyl (C=O) groups is 1. The molecule has 29 heavy (non-hydrogen) atoms. The zero-order chi connectivity index (χ0) is 19.9. The number of H-pyrrole nitrogens is 1. The maximum Gasteiger partial charge on any atom is 0.317 e. The number of fused-ring (bicyclic) bond motifs is 1. The number of piperazine rings is 1. The molecule has 5 nitrogen and oxygen atoms in total. The Kier molecular flexibility index (Phi) is 6.27. The van der Waals surface area contributed by atoms with E-state index in [1.807, 2.05) is 29.3 Å². The van der Waals surface area contributed by atoms with Gasteiger partial charge in [0.2, 0.25) is 0 Å². The summed E-state index contributed by atoms with van der Waals surface area (Å²) in [5.74, 6) is 0. The fraction of sp³-hybridized carbons (Fsp3) is 0.292. The molecule has 0 aliphatic carbocycles. The fourth-order valence-electron chi connectivity index (χ4n) is 3.79. The van der Waals surface area contributed by atoms with Crippen molar-refractivity contribution in [1.29, 1.82) is 0 Å². The zero-order valence-electron chi connectivity index (χ0n) is 16.7. The molecule has 0 atom stereocenters. The molecule has 1 fully saturated rings. The van der Waals surface area contributed by atoms with E-state index in [1.54, 1.807) is 0 Å². The van der Waals surface area contributed by atoms with E-state index in [0.29, 0.717) is 6.54 Å². The molecule has 1 saturated heterocycles. The third kappa shape index (κ3) is 5.06. The van der Waals surface area contributed by atoms with Crippen LogP contribution in [0.3, 0.4) is 0 Å². The summed E-state index contributed by atoms with van der Waals surface area (Å²) >= 11 is 0. The summed E-state index contributed by atoms with van der Waals surface area (Å²) in [5, 5.41) is 4.31. The van der Waals surface area contributed by atoms with E-state index in [2.05, 4.69) is 63.8 Å². The Bertz CT molecular complexity index is 955. The molecule has 1 aromatic heterocycles. The Hall–Kier alpha value is -3.05. The largest absolute Gasteiger partial charge is 0.361 e. The SMILES string of the molecule is O=C(NCCc1c[nH]c2ccccc12)N1CCN(C/C=C/c2ccccc2)CC1. The highest BCUT2D eigenvalue weighted by Crippen LogP contribution is 2.17. The predicted octanol–water partition coefficient (Wildman–Crippen LogP) is 3.75. The summed E-state index contributed by atoms with van der Waals surface area (Å²) in [4.78, 5) is 20.1. The first-order valence-corrected chi connectivity index (χ1v) is 10.3. The van der Waals surface area contributed by atoms with Crippen LogP contribution in [0.2, 0.25) is 0 Å². The number of hydrogen-bond acceptors (Lipinski definition) is 2. The average Bonchev–Trinajstić information content (AvgIpc) is 3.18. The number of para-hydroxylation sites is 1. The van der Waals surface area contributed by atoms with Crippen LogP contribution in [0.5, 0.6) is 0 Å². The first-order valence-electron chi connectivity index (χ1n) is 10.3. The first-order chi connectivity index (χ1) is 14.3. The number of carbonyl (C=O) groups excluding carboxylic acids is 1. The summed E-state index contributed by atoms with van der Waals surface area (Å²) in [6.45, 7) is 4.95. The molecule has 4 rings (SSSR count). The number of nitrogens with zero attached hydrogens (tertiary/aromatic N) is 2. The van der Waals surface area contributed by atoms with Crippen molar-refractivity contribution in [3.8, 4) is 0 Å². The van der Waals surface area contributed by atoms with Gasteiger partial charge in [0.1, 0.15) is 0 Å². The molecule has 1 aliphatic heterocycles. The summed E-state index contributed by atoms with van der Waals surface area (Å²) < 4.78 is 0. The fourth-order valence-corrected chi connectivity index (χ4v) is 3.79. The molecule has 2 amide bonds. The maximum absolute atomic E-state index is 12.5. The topological polar surface area (TPSA) is 51.4 Å². The van der Waals surface area contributed by atoms with Crippen molar-refractivity contribution in [2.45, 2.75) is 6.42 Å². The molecule has 1 aliphatic rings. The smallest absolute Gasteiger partial charge is 0.317 e. The Labute approximate surface area is 172 Å². The number of benzene rings is 2. The standard InChI is InChI=1S/C24H28N4O/c29-24(25-13-12-21-19-26-23-11-5-4-10-22(21)23)28-17-15-27(16-18-28)14-6-9-20-7-2-1-3-8-20/h1-11,19,26H,12-18H2,(H,25,29)/b9-6+. The van der Waals surface area contributed by atoms with Gasteiger partial charge in [-0.25, -0.2) is 4.79 Å². The minimum atomic E-state index is 0.0457. The average molecular weight is 389 g/mol. The Morgan fingerprint density at radius 3 is 2.59 bits per heavy atom. The van der Waals surface area contributed by atoms with Gasteiger partial charge in [-0.1, -0.05) is 60.7 Å². The van der Waals surface area contributed by atoms with E-state index in [4.69, 9.17) is 0 Å². The number of nitrogens with one attached hydrogen (secondary N) is 2. The summed E-state index contributed by atoms with van der Waals surface area (Å²) in [5.41, 5.74) is 3.61. The van der Waals surface area contributed by atoms with Crippen molar-refractivity contribution in [1.82, 2.24) is 20.1 Å². The van der Waals surface area contributed by atoms with Crippen LogP contribution < -0.4 is 5.32 Å². The van der Waals surface area contributed by atoms with Crippen molar-refractivity contribution in [3.05, 3.63) is 78.0 Å². The molecule has 2 aromatic carbocycles. The number of urea groups is 1. The van der Waals surface area contributed by atoms with Gasteiger partial charge in [0.25, 0.3) is 0 Å². The van der Waals surface area contributed by atoms with Gasteiger partial charge in [-0.15, -0.1) is 0 Å². The van der Waals surface area contributed by atoms with Gasteiger partial charge in [-0.3, -0.25) is 4.90 Å². The maximum atomic E-state index is 12.5. The van der Waals surface area contributed by atoms with Crippen molar-refractivity contribution in [2.24, 2.45) is 0 Å². The van der Waals surface area contributed by atoms with E-state index in [-0.39, 0.29) is 6.03 Å². The van der Waals surface area contributed by atoms with Crippen molar-refractivity contribution in [2.75, 3.05) is 39.3 Å². The molecule has 0 saturated carbocycles. The van der Waals surface area contributed by atoms with Crippen LogP contribution in [0.25, 0.3) is 17.0 Å². The van der Waals surface area contributed by atoms with Gasteiger partial charge < -0.3 is 15.2 Å². The molecule has 2 heterocycles. The third-order valence-electron chi connectivity index (χ3n) is 5.48. The lowest BCUT2D eigenvalue weighted by molar-refractivity contribution is 0.147. The number of aromatic nitrogens is 1. The Morgan fingerprint density at radius 2 is 1.76 bits per heavy atom. The van der Waals surface area contributed by atoms with Crippen LogP contribution in [-0.4, -0.2) is 60.1 Å². The molecule has 2 N–H and O–H groups in total. The number of rotatable bonds is 6. The van der Waals surface area contributed by atoms with Crippen LogP contribution in [0.4, 0.5) is 4.79 Å². The number of hydrogen-bond donors (Lipinski definition) is 2. The Balaban J connectivity index is 1.18. The molecule has 0 bridgehead atoms. The van der Waals surface area contributed by atoms with Gasteiger partial charge >= 0.3 is 6.03 Å². The lowest BCUT2D eigenvalue weighted by atomic mass is 10.1. The quantitative estimate of drug-likeness (QED) is 0.676. The van der Waals surface area contributed by atoms with Gasteiger partial charge in [-0.05, 0) is 23.6 Å². The lowest BCUT2D eigenvalue weighted by Gasteiger charge is -2.34. The van der Waals surface area contributed by atoms with Gasteiger partial charge in [0.15, 0.2) is 0 Å². The Morgan fingerprint density at radius 1 is 1.00 bits per heavy atom. The van der Waals surface area contributed by atoms with Gasteiger partial charge in [0, 0.05) is 56.4 Å². The van der Waals surface area contributed by atoms with Crippen LogP contribution in [0, 0.1) is 0 Å². The summed E-state index contributed by atoms with van der Waals surface area (Å²) in [6.07, 6.45) is 7.23. The summed E-state index contributed by atoms with van der Waals surface area (Å²) in [7, 11) is 0. The van der Waals surface area contributed by atoms with Crippen molar-refractivity contribution >= 4 is 23.0 Å². The minimum Gasteiger partial charge on any atom is -0.361 e. The molecular weight excluding hydrogens is 360 g/mol. The monoisotopic (exact) mass is 388 g/mol. The van der Waals surface area contributed by atoms with E-state index >= 15 is 0 Å². The second kappa shape index (κ2) is 9.43. The van der Waals surface area contributed by atoms with Gasteiger partial charge in [-0.2, -0.15) is 0 Å². The van der Waals surface area contributed by atoms with Crippen LogP contribution >= 0.6 is 0 Å². The van der Waals surface area contributed by atoms with E-state index in [0.717, 1.165) is 44.7 Å². The lowest BCUT2D eigenvalue weighted by Crippen LogP contribution is -2.51. The second-order valence-corrected chi connectivity index (χ2v) is 7.44. The van der Waals surface area contributed by atoms with Crippen molar-refractivity contribution < 1.29 is 4.79 Å². The minimum absolute atomic E-state index is 0.0457. The highest BCUT2D eigenvalue weighted by atomic mass is 16.2. The second-order valence-electron chi connectivity index (χ2n) is 7.44. The third-order valence-corrected chi connectivity index (χ3v) is 5.48. The van der Waals surface area contributed by atoms with E-state index < -0.39 is 0 Å². The first kappa shape index (κ1) is 19.3. The molecule has 150 valence electrons. The van der Waals surface area contributed by atoms with Crippen LogP contribution in [0.15, 0.2) is 66.9 Å². The molecule has 0 radical (unpaired) electrons. The van der Waals surface area contributed by atoms with E-state index in [1.165, 1.54) is 16.5 Å². The van der Waals surface area contributed by atoms with E-state index in [9.17, 15) is 4.79 Å². The number of amides is 2. The predicted molar refractivity (Wildman–Crippen MR) is 119 cm³/mol. The number of aromatic amines is 1. The molecule has 3 aromatic rings. The van der Waals surface area contributed by atoms with Crippen LogP contribution in [0.1, 0.15) is 11.1 Å². The highest BCUT2D eigenvalue weighted by molar-refractivity contribution is 5.83. The van der Waals surface area contributed by atoms with Crippen molar-refractivity contribution in [3.63, 3.8) is 0 Å². The molecule has 0 unspecified atom stereocenters. The van der Waals surface area contributed by atoms with Crippen LogP contribution in [-0.2, 0) is 6.42 Å². The highest BCUT2D eigenvalue weighted by Gasteiger charge is 2.20. The zero-order valence-corrected chi connectivity index (χ0v) is 16.7. The molecular formula is C24H28N4O. The normalized spacial score (nSPS) is 15.2. The van der Waals surface area contributed by atoms with Gasteiger partial charge in [0.05, 0.1) is 0 Å². The summed E-state index contributed by atoms with van der Waals surface area (Å²) in [6, 6.07) is 18.7. The molecule has 5 heteroatoms.